The van der Waals surface area contributed by atoms with Gasteiger partial charge in [-0.3, -0.25) is 0 Å². The first-order valence-corrected chi connectivity index (χ1v) is 7.81. The van der Waals surface area contributed by atoms with Crippen molar-refractivity contribution >= 4 is 5.97 Å². The predicted octanol–water partition coefficient (Wildman–Crippen LogP) is 5.25. The van der Waals surface area contributed by atoms with Gasteiger partial charge in [0.15, 0.2) is 0 Å². The molecule has 0 radical (unpaired) electrons. The zero-order valence-electron chi connectivity index (χ0n) is 13.3. The summed E-state index contributed by atoms with van der Waals surface area (Å²) in [7, 11) is 0. The number of ether oxygens (including phenoxy) is 1. The van der Waals surface area contributed by atoms with Gasteiger partial charge in [-0.2, -0.15) is 0 Å². The second-order valence-electron chi connectivity index (χ2n) is 5.42. The van der Waals surface area contributed by atoms with Crippen molar-refractivity contribution in [2.24, 2.45) is 0 Å². The van der Waals surface area contributed by atoms with Crippen molar-refractivity contribution in [3.63, 3.8) is 0 Å². The third kappa shape index (κ3) is 3.61. The third-order valence-corrected chi connectivity index (χ3v) is 3.82. The van der Waals surface area contributed by atoms with Crippen molar-refractivity contribution in [3.8, 4) is 22.3 Å². The van der Waals surface area contributed by atoms with E-state index in [0.717, 1.165) is 11.1 Å². The molecule has 0 fully saturated rings. The number of benzene rings is 3. The SMILES string of the molecule is C=CC(=O)OCc1ccc(-c2ccccc2-c2ccccc2)cc1. The third-order valence-electron chi connectivity index (χ3n) is 3.82. The molecular formula is C22H18O2. The van der Waals surface area contributed by atoms with Crippen LogP contribution in [-0.4, -0.2) is 5.97 Å². The largest absolute Gasteiger partial charge is 0.458 e. The Balaban J connectivity index is 1.87. The van der Waals surface area contributed by atoms with Crippen LogP contribution in [0.5, 0.6) is 0 Å². The number of carbonyl (C=O) groups is 1. The fourth-order valence-electron chi connectivity index (χ4n) is 2.60. The minimum atomic E-state index is -0.409. The minimum absolute atomic E-state index is 0.255. The number of esters is 1. The van der Waals surface area contributed by atoms with E-state index < -0.39 is 5.97 Å². The second kappa shape index (κ2) is 7.42. The van der Waals surface area contributed by atoms with Crippen LogP contribution in [0.2, 0.25) is 0 Å². The molecule has 0 saturated heterocycles. The van der Waals surface area contributed by atoms with Crippen molar-refractivity contribution in [1.82, 2.24) is 0 Å². The molecule has 2 nitrogen and oxygen atoms in total. The van der Waals surface area contributed by atoms with Crippen molar-refractivity contribution in [2.75, 3.05) is 0 Å². The molecule has 3 aromatic rings. The van der Waals surface area contributed by atoms with E-state index in [1.807, 2.05) is 36.4 Å². The lowest BCUT2D eigenvalue weighted by molar-refractivity contribution is -0.138. The van der Waals surface area contributed by atoms with E-state index >= 15 is 0 Å². The summed E-state index contributed by atoms with van der Waals surface area (Å²) >= 11 is 0. The van der Waals surface area contributed by atoms with Gasteiger partial charge in [0.1, 0.15) is 6.61 Å². The summed E-state index contributed by atoms with van der Waals surface area (Å²) in [5.41, 5.74) is 5.65. The molecule has 0 unspecified atom stereocenters. The highest BCUT2D eigenvalue weighted by Crippen LogP contribution is 2.31. The van der Waals surface area contributed by atoms with Gasteiger partial charge in [0.2, 0.25) is 0 Å². The number of hydrogen-bond donors (Lipinski definition) is 0. The Bertz CT molecular complexity index is 833. The second-order valence-corrected chi connectivity index (χ2v) is 5.42. The van der Waals surface area contributed by atoms with Crippen molar-refractivity contribution < 1.29 is 9.53 Å². The lowest BCUT2D eigenvalue weighted by Gasteiger charge is -2.11. The summed E-state index contributed by atoms with van der Waals surface area (Å²) in [5.74, 6) is -0.409. The fraction of sp³-hybridized carbons (Fsp3) is 0.0455. The van der Waals surface area contributed by atoms with Crippen LogP contribution in [0, 0.1) is 0 Å². The van der Waals surface area contributed by atoms with E-state index in [1.165, 1.54) is 22.8 Å². The molecule has 3 rings (SSSR count). The Morgan fingerprint density at radius 2 is 1.33 bits per heavy atom. The molecule has 118 valence electrons. The molecule has 0 bridgehead atoms. The summed E-state index contributed by atoms with van der Waals surface area (Å²) in [6.45, 7) is 3.65. The summed E-state index contributed by atoms with van der Waals surface area (Å²) in [6, 6.07) is 26.7. The topological polar surface area (TPSA) is 26.3 Å². The average Bonchev–Trinajstić information content (AvgIpc) is 2.67. The Labute approximate surface area is 142 Å². The van der Waals surface area contributed by atoms with E-state index in [0.29, 0.717) is 0 Å². The van der Waals surface area contributed by atoms with Crippen molar-refractivity contribution in [3.05, 3.63) is 97.1 Å². The maximum absolute atomic E-state index is 11.1. The summed E-state index contributed by atoms with van der Waals surface area (Å²) in [4.78, 5) is 11.1. The monoisotopic (exact) mass is 314 g/mol. The number of rotatable bonds is 5. The van der Waals surface area contributed by atoms with Gasteiger partial charge < -0.3 is 4.74 Å². The van der Waals surface area contributed by atoms with Crippen LogP contribution in [-0.2, 0) is 16.1 Å². The Morgan fingerprint density at radius 3 is 1.92 bits per heavy atom. The van der Waals surface area contributed by atoms with E-state index in [1.54, 1.807) is 0 Å². The van der Waals surface area contributed by atoms with Crippen molar-refractivity contribution in [2.45, 2.75) is 6.61 Å². The standard InChI is InChI=1S/C22H18O2/c1-2-22(23)24-16-17-12-14-19(15-13-17)21-11-7-6-10-20(21)18-8-4-3-5-9-18/h2-15H,1,16H2. The Kier molecular flexibility index (Phi) is 4.87. The van der Waals surface area contributed by atoms with Gasteiger partial charge in [0.05, 0.1) is 0 Å². The number of hydrogen-bond acceptors (Lipinski definition) is 2. The van der Waals surface area contributed by atoms with Crippen molar-refractivity contribution in [1.29, 1.82) is 0 Å². The van der Waals surface area contributed by atoms with Crippen LogP contribution in [0.3, 0.4) is 0 Å². The van der Waals surface area contributed by atoms with Crippen LogP contribution >= 0.6 is 0 Å². The lowest BCUT2D eigenvalue weighted by atomic mass is 9.94. The molecular weight excluding hydrogens is 296 g/mol. The van der Waals surface area contributed by atoms with Crippen LogP contribution in [0.25, 0.3) is 22.3 Å². The predicted molar refractivity (Wildman–Crippen MR) is 97.3 cm³/mol. The minimum Gasteiger partial charge on any atom is -0.458 e. The summed E-state index contributed by atoms with van der Waals surface area (Å²) < 4.78 is 5.06. The highest BCUT2D eigenvalue weighted by atomic mass is 16.5. The van der Waals surface area contributed by atoms with Gasteiger partial charge in [-0.05, 0) is 27.8 Å². The molecule has 3 aromatic carbocycles. The molecule has 0 N–H and O–H groups in total. The molecule has 0 heterocycles. The van der Waals surface area contributed by atoms with Gasteiger partial charge in [0, 0.05) is 6.08 Å². The van der Waals surface area contributed by atoms with Gasteiger partial charge in [-0.1, -0.05) is 85.4 Å². The van der Waals surface area contributed by atoms with Crippen LogP contribution in [0.15, 0.2) is 91.5 Å². The lowest BCUT2D eigenvalue weighted by Crippen LogP contribution is -1.99. The van der Waals surface area contributed by atoms with E-state index in [4.69, 9.17) is 4.74 Å². The molecule has 0 atom stereocenters. The molecule has 0 spiro atoms. The summed E-state index contributed by atoms with van der Waals surface area (Å²) in [6.07, 6.45) is 1.17. The molecule has 0 saturated carbocycles. The fourth-order valence-corrected chi connectivity index (χ4v) is 2.60. The highest BCUT2D eigenvalue weighted by molar-refractivity contribution is 5.83. The molecule has 0 aliphatic heterocycles. The Hall–Kier alpha value is -3.13. The molecule has 0 aliphatic rings. The van der Waals surface area contributed by atoms with E-state index in [-0.39, 0.29) is 6.61 Å². The van der Waals surface area contributed by atoms with Crippen LogP contribution in [0.1, 0.15) is 5.56 Å². The molecule has 0 aromatic heterocycles. The van der Waals surface area contributed by atoms with Gasteiger partial charge in [0.25, 0.3) is 0 Å². The van der Waals surface area contributed by atoms with E-state index in [2.05, 4.69) is 49.0 Å². The van der Waals surface area contributed by atoms with Crippen LogP contribution < -0.4 is 0 Å². The quantitative estimate of drug-likeness (QED) is 0.475. The normalized spacial score (nSPS) is 10.2. The van der Waals surface area contributed by atoms with Crippen LogP contribution in [0.4, 0.5) is 0 Å². The Morgan fingerprint density at radius 1 is 0.792 bits per heavy atom. The first-order chi connectivity index (χ1) is 11.8. The highest BCUT2D eigenvalue weighted by Gasteiger charge is 2.07. The maximum atomic E-state index is 11.1. The first-order valence-electron chi connectivity index (χ1n) is 7.81. The maximum Gasteiger partial charge on any atom is 0.330 e. The molecule has 0 aliphatic carbocycles. The van der Waals surface area contributed by atoms with Gasteiger partial charge in [-0.15, -0.1) is 0 Å². The van der Waals surface area contributed by atoms with E-state index in [9.17, 15) is 4.79 Å². The zero-order valence-corrected chi connectivity index (χ0v) is 13.3. The number of carbonyl (C=O) groups excluding carboxylic acids is 1. The molecule has 0 amide bonds. The molecule has 2 heteroatoms. The average molecular weight is 314 g/mol. The smallest absolute Gasteiger partial charge is 0.330 e. The van der Waals surface area contributed by atoms with Gasteiger partial charge in [-0.25, -0.2) is 4.79 Å². The first kappa shape index (κ1) is 15.8. The summed E-state index contributed by atoms with van der Waals surface area (Å²) in [5, 5.41) is 0. The molecule has 24 heavy (non-hydrogen) atoms. The zero-order chi connectivity index (χ0) is 16.8. The van der Waals surface area contributed by atoms with Gasteiger partial charge >= 0.3 is 5.97 Å².